The molecule has 1 aromatic heterocycles. The fourth-order valence-corrected chi connectivity index (χ4v) is 3.48. The van der Waals surface area contributed by atoms with Gasteiger partial charge in [-0.2, -0.15) is 13.2 Å². The molecular weight excluding hydrogens is 429 g/mol. The van der Waals surface area contributed by atoms with Crippen LogP contribution in [-0.4, -0.2) is 64.2 Å². The van der Waals surface area contributed by atoms with Crippen molar-refractivity contribution in [1.82, 2.24) is 19.4 Å². The van der Waals surface area contributed by atoms with Gasteiger partial charge in [-0.05, 0) is 24.6 Å². The number of fused-ring (bicyclic) bond motifs is 1. The molecule has 27 heavy (non-hydrogen) atoms. The number of carbonyl (C=O) groups excluding carboxylic acids is 1. The zero-order chi connectivity index (χ0) is 19.6. The second-order valence-corrected chi connectivity index (χ2v) is 7.38. The largest absolute Gasteiger partial charge is 0.401 e. The molecule has 6 nitrogen and oxygen atoms in total. The van der Waals surface area contributed by atoms with Gasteiger partial charge in [-0.15, -0.1) is 0 Å². The minimum absolute atomic E-state index is 0.156. The SMILES string of the molecule is O=C(Cn1cnc2ccc(Br)cc2c1=O)N1CCCN(CC(F)(F)F)CC1. The van der Waals surface area contributed by atoms with Gasteiger partial charge in [0, 0.05) is 30.7 Å². The Hall–Kier alpha value is -1.94. The first-order valence-electron chi connectivity index (χ1n) is 8.44. The molecule has 0 atom stereocenters. The standard InChI is InChI=1S/C17H18BrF3N4O2/c18-12-2-3-14-13(8-12)16(27)25(11-22-14)9-15(26)24-5-1-4-23(6-7-24)10-17(19,20)21/h2-3,8,11H,1,4-7,9-10H2. The zero-order valence-corrected chi connectivity index (χ0v) is 16.0. The Labute approximate surface area is 161 Å². The van der Waals surface area contributed by atoms with E-state index < -0.39 is 12.7 Å². The van der Waals surface area contributed by atoms with Gasteiger partial charge in [0.15, 0.2) is 0 Å². The minimum Gasteiger partial charge on any atom is -0.340 e. The molecule has 0 aliphatic carbocycles. The van der Waals surface area contributed by atoms with Crippen molar-refractivity contribution in [3.05, 3.63) is 39.4 Å². The van der Waals surface area contributed by atoms with Crippen molar-refractivity contribution in [3.8, 4) is 0 Å². The van der Waals surface area contributed by atoms with Crippen LogP contribution in [0.4, 0.5) is 13.2 Å². The zero-order valence-electron chi connectivity index (χ0n) is 14.4. The van der Waals surface area contributed by atoms with E-state index in [0.29, 0.717) is 23.9 Å². The highest BCUT2D eigenvalue weighted by atomic mass is 79.9. The van der Waals surface area contributed by atoms with Crippen molar-refractivity contribution in [2.24, 2.45) is 0 Å². The van der Waals surface area contributed by atoms with Crippen molar-refractivity contribution in [1.29, 1.82) is 0 Å². The topological polar surface area (TPSA) is 58.4 Å². The number of carbonyl (C=O) groups is 1. The fourth-order valence-electron chi connectivity index (χ4n) is 3.12. The summed E-state index contributed by atoms with van der Waals surface area (Å²) < 4.78 is 39.6. The smallest absolute Gasteiger partial charge is 0.340 e. The maximum Gasteiger partial charge on any atom is 0.401 e. The van der Waals surface area contributed by atoms with E-state index in [1.54, 1.807) is 18.2 Å². The Morgan fingerprint density at radius 2 is 1.96 bits per heavy atom. The van der Waals surface area contributed by atoms with E-state index in [-0.39, 0.29) is 37.6 Å². The van der Waals surface area contributed by atoms with Crippen molar-refractivity contribution < 1.29 is 18.0 Å². The normalized spacial score (nSPS) is 16.5. The molecule has 2 aromatic rings. The summed E-state index contributed by atoms with van der Waals surface area (Å²) in [6.07, 6.45) is -2.47. The first-order chi connectivity index (χ1) is 12.7. The van der Waals surface area contributed by atoms with Crippen LogP contribution < -0.4 is 5.56 Å². The van der Waals surface area contributed by atoms with E-state index in [9.17, 15) is 22.8 Å². The molecule has 10 heteroatoms. The number of nitrogens with zero attached hydrogens (tertiary/aromatic N) is 4. The Balaban J connectivity index is 1.69. The van der Waals surface area contributed by atoms with Crippen LogP contribution >= 0.6 is 15.9 Å². The number of halogens is 4. The summed E-state index contributed by atoms with van der Waals surface area (Å²) >= 11 is 3.30. The van der Waals surface area contributed by atoms with E-state index in [4.69, 9.17) is 0 Å². The molecule has 1 saturated heterocycles. The number of amides is 1. The second-order valence-electron chi connectivity index (χ2n) is 6.46. The van der Waals surface area contributed by atoms with Crippen LogP contribution in [0.1, 0.15) is 6.42 Å². The molecular formula is C17H18BrF3N4O2. The van der Waals surface area contributed by atoms with Crippen molar-refractivity contribution >= 4 is 32.7 Å². The van der Waals surface area contributed by atoms with Crippen LogP contribution in [0.25, 0.3) is 10.9 Å². The van der Waals surface area contributed by atoms with Gasteiger partial charge in [0.2, 0.25) is 5.91 Å². The molecule has 0 saturated carbocycles. The van der Waals surface area contributed by atoms with Crippen LogP contribution in [0.2, 0.25) is 0 Å². The molecule has 1 aliphatic heterocycles. The summed E-state index contributed by atoms with van der Waals surface area (Å²) in [5.74, 6) is -0.304. The molecule has 0 bridgehead atoms. The Morgan fingerprint density at radius 1 is 1.19 bits per heavy atom. The molecule has 0 spiro atoms. The van der Waals surface area contributed by atoms with E-state index in [2.05, 4.69) is 20.9 Å². The molecule has 0 unspecified atom stereocenters. The summed E-state index contributed by atoms with van der Waals surface area (Å²) in [5, 5.41) is 0.395. The van der Waals surface area contributed by atoms with Gasteiger partial charge in [-0.1, -0.05) is 15.9 Å². The second kappa shape index (κ2) is 7.97. The fraction of sp³-hybridized carbons (Fsp3) is 0.471. The van der Waals surface area contributed by atoms with E-state index in [0.717, 1.165) is 4.47 Å². The van der Waals surface area contributed by atoms with Gasteiger partial charge in [0.05, 0.1) is 23.8 Å². The summed E-state index contributed by atoms with van der Waals surface area (Å²) in [5.41, 5.74) is 0.202. The number of alkyl halides is 3. The lowest BCUT2D eigenvalue weighted by molar-refractivity contribution is -0.145. The molecule has 1 aromatic carbocycles. The molecule has 1 aliphatic rings. The van der Waals surface area contributed by atoms with Crippen LogP contribution in [-0.2, 0) is 11.3 Å². The summed E-state index contributed by atoms with van der Waals surface area (Å²) in [6.45, 7) is -0.145. The molecule has 1 amide bonds. The Bertz CT molecular complexity index is 900. The third kappa shape index (κ3) is 5.07. The van der Waals surface area contributed by atoms with E-state index >= 15 is 0 Å². The van der Waals surface area contributed by atoms with Crippen LogP contribution in [0.15, 0.2) is 33.8 Å². The van der Waals surface area contributed by atoms with E-state index in [1.807, 2.05) is 0 Å². The monoisotopic (exact) mass is 446 g/mol. The van der Waals surface area contributed by atoms with Crippen molar-refractivity contribution in [2.75, 3.05) is 32.7 Å². The highest BCUT2D eigenvalue weighted by molar-refractivity contribution is 9.10. The Kier molecular flexibility index (Phi) is 5.85. The quantitative estimate of drug-likeness (QED) is 0.725. The number of aromatic nitrogens is 2. The molecule has 146 valence electrons. The van der Waals surface area contributed by atoms with E-state index in [1.165, 1.54) is 20.7 Å². The summed E-state index contributed by atoms with van der Waals surface area (Å²) in [4.78, 5) is 32.1. The van der Waals surface area contributed by atoms with Gasteiger partial charge in [0.25, 0.3) is 5.56 Å². The maximum absolute atomic E-state index is 12.6. The third-order valence-electron chi connectivity index (χ3n) is 4.44. The Morgan fingerprint density at radius 3 is 2.70 bits per heavy atom. The number of benzene rings is 1. The number of hydrogen-bond donors (Lipinski definition) is 0. The van der Waals surface area contributed by atoms with Gasteiger partial charge < -0.3 is 4.90 Å². The lowest BCUT2D eigenvalue weighted by atomic mass is 10.2. The first kappa shape index (κ1) is 19.8. The van der Waals surface area contributed by atoms with Crippen molar-refractivity contribution in [3.63, 3.8) is 0 Å². The van der Waals surface area contributed by atoms with Crippen LogP contribution in [0.5, 0.6) is 0 Å². The predicted molar refractivity (Wildman–Crippen MR) is 97.4 cm³/mol. The number of hydrogen-bond acceptors (Lipinski definition) is 4. The average Bonchev–Trinajstić information content (AvgIpc) is 2.82. The molecule has 3 rings (SSSR count). The van der Waals surface area contributed by atoms with Crippen LogP contribution in [0.3, 0.4) is 0 Å². The first-order valence-corrected chi connectivity index (χ1v) is 9.24. The van der Waals surface area contributed by atoms with Gasteiger partial charge in [0.1, 0.15) is 6.54 Å². The molecule has 1 fully saturated rings. The van der Waals surface area contributed by atoms with Gasteiger partial charge in [-0.25, -0.2) is 4.98 Å². The lowest BCUT2D eigenvalue weighted by Gasteiger charge is -2.23. The average molecular weight is 447 g/mol. The highest BCUT2D eigenvalue weighted by Crippen LogP contribution is 2.18. The van der Waals surface area contributed by atoms with Gasteiger partial charge >= 0.3 is 6.18 Å². The minimum atomic E-state index is -4.25. The molecule has 0 N–H and O–H groups in total. The maximum atomic E-state index is 12.6. The summed E-state index contributed by atoms with van der Waals surface area (Å²) in [6, 6.07) is 5.12. The van der Waals surface area contributed by atoms with Crippen LogP contribution in [0, 0.1) is 0 Å². The molecule has 2 heterocycles. The number of rotatable bonds is 3. The lowest BCUT2D eigenvalue weighted by Crippen LogP contribution is -2.40. The predicted octanol–water partition coefficient (Wildman–Crippen LogP) is 2.26. The highest BCUT2D eigenvalue weighted by Gasteiger charge is 2.31. The third-order valence-corrected chi connectivity index (χ3v) is 4.93. The summed E-state index contributed by atoms with van der Waals surface area (Å²) in [7, 11) is 0. The molecule has 0 radical (unpaired) electrons. The van der Waals surface area contributed by atoms with Gasteiger partial charge in [-0.3, -0.25) is 19.1 Å². The van der Waals surface area contributed by atoms with Crippen molar-refractivity contribution in [2.45, 2.75) is 19.1 Å².